The van der Waals surface area contributed by atoms with Crippen LogP contribution in [0.2, 0.25) is 5.02 Å². The van der Waals surface area contributed by atoms with Crippen LogP contribution < -0.4 is 16.0 Å². The maximum Gasteiger partial charge on any atom is 0.332 e. The molecule has 4 rings (SSSR count). The number of nitrogens with zero attached hydrogens (tertiary/aromatic N) is 4. The second-order valence-electron chi connectivity index (χ2n) is 9.32. The Morgan fingerprint density at radius 2 is 1.88 bits per heavy atom. The van der Waals surface area contributed by atoms with Gasteiger partial charge in [0.1, 0.15) is 17.0 Å². The minimum Gasteiger partial charge on any atom is -0.465 e. The van der Waals surface area contributed by atoms with Gasteiger partial charge in [0.25, 0.3) is 5.56 Å². The minimum atomic E-state index is -1.60. The van der Waals surface area contributed by atoms with Crippen molar-refractivity contribution in [2.24, 2.45) is 7.05 Å². The van der Waals surface area contributed by atoms with Crippen LogP contribution in [0.5, 0.6) is 5.75 Å². The van der Waals surface area contributed by atoms with E-state index in [2.05, 4.69) is 0 Å². The SMILES string of the molecule is CCOC(=O)C(C)(c1cccc(OCF)c1)c1nc2c(c(=O)n(CCCO)c(=O)n2C)n1Cc1ccc(Cl)cc1. The number of fused-ring (bicyclic) bond motifs is 1. The Labute approximate surface area is 234 Å². The molecule has 1 N–H and O–H groups in total. The average molecular weight is 573 g/mol. The van der Waals surface area contributed by atoms with Crippen LogP contribution in [0.25, 0.3) is 11.2 Å². The Morgan fingerprint density at radius 3 is 2.52 bits per heavy atom. The van der Waals surface area contributed by atoms with Crippen molar-refractivity contribution in [1.29, 1.82) is 0 Å². The number of benzene rings is 2. The van der Waals surface area contributed by atoms with Gasteiger partial charge in [0.15, 0.2) is 11.2 Å². The summed E-state index contributed by atoms with van der Waals surface area (Å²) in [7, 11) is 1.49. The lowest BCUT2D eigenvalue weighted by molar-refractivity contribution is -0.148. The molecule has 0 saturated carbocycles. The first kappa shape index (κ1) is 29.0. The summed E-state index contributed by atoms with van der Waals surface area (Å²) in [6, 6.07) is 13.3. The molecular formula is C28H30ClFN4O6. The standard InChI is InChI=1S/C28H30ClFN4O6/c1-4-39-26(37)28(2,19-7-5-8-21(15-19)40-17-30)25-31-23-22(34(25)16-18-9-11-20(29)12-10-18)24(36)33(13-6-14-35)27(38)32(23)3/h5,7-12,15,35H,4,6,13-14,16-17H2,1-3H3. The van der Waals surface area contributed by atoms with E-state index >= 15 is 0 Å². The van der Waals surface area contributed by atoms with Gasteiger partial charge in [-0.25, -0.2) is 14.2 Å². The van der Waals surface area contributed by atoms with E-state index in [0.29, 0.717) is 10.6 Å². The van der Waals surface area contributed by atoms with Crippen molar-refractivity contribution < 1.29 is 23.8 Å². The zero-order valence-corrected chi connectivity index (χ0v) is 23.2. The molecule has 2 aromatic heterocycles. The summed E-state index contributed by atoms with van der Waals surface area (Å²) < 4.78 is 27.4. The van der Waals surface area contributed by atoms with Gasteiger partial charge in [0.05, 0.1) is 6.61 Å². The van der Waals surface area contributed by atoms with Crippen LogP contribution in [0, 0.1) is 0 Å². The molecule has 1 atom stereocenters. The van der Waals surface area contributed by atoms with Crippen molar-refractivity contribution in [2.45, 2.75) is 38.8 Å². The highest BCUT2D eigenvalue weighted by Gasteiger charge is 2.44. The number of hydrogen-bond acceptors (Lipinski definition) is 7. The maximum atomic E-state index is 13.8. The molecule has 0 spiro atoms. The summed E-state index contributed by atoms with van der Waals surface area (Å²) in [5.74, 6) is -0.333. The van der Waals surface area contributed by atoms with E-state index in [1.165, 1.54) is 17.7 Å². The van der Waals surface area contributed by atoms with Crippen molar-refractivity contribution in [2.75, 3.05) is 20.1 Å². The van der Waals surface area contributed by atoms with Gasteiger partial charge in [-0.3, -0.25) is 18.7 Å². The number of halogens is 2. The van der Waals surface area contributed by atoms with Gasteiger partial charge in [0.2, 0.25) is 6.86 Å². The van der Waals surface area contributed by atoms with E-state index in [1.807, 2.05) is 0 Å². The van der Waals surface area contributed by atoms with E-state index in [1.54, 1.807) is 60.9 Å². The molecule has 0 aliphatic carbocycles. The first-order chi connectivity index (χ1) is 19.2. The fourth-order valence-corrected chi connectivity index (χ4v) is 4.81. The van der Waals surface area contributed by atoms with Crippen LogP contribution in [-0.4, -0.2) is 49.8 Å². The van der Waals surface area contributed by atoms with E-state index in [4.69, 9.17) is 26.1 Å². The molecule has 40 heavy (non-hydrogen) atoms. The average Bonchev–Trinajstić information content (AvgIpc) is 3.33. The van der Waals surface area contributed by atoms with Gasteiger partial charge >= 0.3 is 11.7 Å². The van der Waals surface area contributed by atoms with Crippen molar-refractivity contribution in [1.82, 2.24) is 18.7 Å². The fraction of sp³-hybridized carbons (Fsp3) is 0.357. The summed E-state index contributed by atoms with van der Waals surface area (Å²) in [5.41, 5.74) is -1.52. The van der Waals surface area contributed by atoms with Crippen LogP contribution in [-0.2, 0) is 35.1 Å². The normalized spacial score (nSPS) is 12.8. The fourth-order valence-electron chi connectivity index (χ4n) is 4.68. The monoisotopic (exact) mass is 572 g/mol. The minimum absolute atomic E-state index is 0.00281. The second kappa shape index (κ2) is 12.1. The Morgan fingerprint density at radius 1 is 1.15 bits per heavy atom. The smallest absolute Gasteiger partial charge is 0.332 e. The predicted octanol–water partition coefficient (Wildman–Crippen LogP) is 3.16. The number of aryl methyl sites for hydroxylation is 1. The predicted molar refractivity (Wildman–Crippen MR) is 148 cm³/mol. The number of hydrogen-bond donors (Lipinski definition) is 1. The van der Waals surface area contributed by atoms with Gasteiger partial charge in [-0.2, -0.15) is 0 Å². The molecule has 0 radical (unpaired) electrons. The first-order valence-corrected chi connectivity index (χ1v) is 13.1. The van der Waals surface area contributed by atoms with Crippen molar-refractivity contribution >= 4 is 28.7 Å². The molecule has 212 valence electrons. The highest BCUT2D eigenvalue weighted by Crippen LogP contribution is 2.36. The molecule has 0 amide bonds. The number of esters is 1. The molecule has 0 bridgehead atoms. The molecule has 1 unspecified atom stereocenters. The highest BCUT2D eigenvalue weighted by atomic mass is 35.5. The molecule has 4 aromatic rings. The molecule has 2 heterocycles. The highest BCUT2D eigenvalue weighted by molar-refractivity contribution is 6.30. The second-order valence-corrected chi connectivity index (χ2v) is 9.76. The Bertz CT molecular complexity index is 1650. The van der Waals surface area contributed by atoms with Crippen LogP contribution in [0.15, 0.2) is 58.1 Å². The summed E-state index contributed by atoms with van der Waals surface area (Å²) in [5, 5.41) is 9.86. The summed E-state index contributed by atoms with van der Waals surface area (Å²) in [6.45, 7) is 2.16. The summed E-state index contributed by atoms with van der Waals surface area (Å²) >= 11 is 6.09. The number of ether oxygens (including phenoxy) is 2. The van der Waals surface area contributed by atoms with Gasteiger partial charge < -0.3 is 19.1 Å². The zero-order chi connectivity index (χ0) is 29.0. The lowest BCUT2D eigenvalue weighted by atomic mass is 9.81. The van der Waals surface area contributed by atoms with E-state index < -0.39 is 29.5 Å². The summed E-state index contributed by atoms with van der Waals surface area (Å²) in [6.07, 6.45) is 0.195. The van der Waals surface area contributed by atoms with Crippen molar-refractivity contribution in [3.05, 3.63) is 91.3 Å². The third-order valence-corrected chi connectivity index (χ3v) is 7.04. The number of carbonyl (C=O) groups is 1. The largest absolute Gasteiger partial charge is 0.465 e. The van der Waals surface area contributed by atoms with Crippen LogP contribution in [0.1, 0.15) is 37.2 Å². The molecule has 0 fully saturated rings. The third kappa shape index (κ3) is 5.26. The van der Waals surface area contributed by atoms with E-state index in [0.717, 1.165) is 10.1 Å². The Kier molecular flexibility index (Phi) is 8.75. The van der Waals surface area contributed by atoms with Gasteiger partial charge in [0, 0.05) is 31.8 Å². The Balaban J connectivity index is 2.10. The van der Waals surface area contributed by atoms with Crippen LogP contribution in [0.4, 0.5) is 4.39 Å². The third-order valence-electron chi connectivity index (χ3n) is 6.79. The number of aliphatic hydroxyl groups is 1. The number of aliphatic hydroxyl groups excluding tert-OH is 1. The molecule has 12 heteroatoms. The zero-order valence-electron chi connectivity index (χ0n) is 22.4. The lowest BCUT2D eigenvalue weighted by Gasteiger charge is -2.28. The van der Waals surface area contributed by atoms with Gasteiger partial charge in [-0.05, 0) is 55.7 Å². The van der Waals surface area contributed by atoms with Gasteiger partial charge in [-0.15, -0.1) is 0 Å². The molecule has 0 saturated heterocycles. The maximum absolute atomic E-state index is 13.8. The van der Waals surface area contributed by atoms with E-state index in [-0.39, 0.29) is 55.5 Å². The summed E-state index contributed by atoms with van der Waals surface area (Å²) in [4.78, 5) is 45.4. The number of imidazole rings is 1. The molecular weight excluding hydrogens is 543 g/mol. The quantitative estimate of drug-likeness (QED) is 0.274. The first-order valence-electron chi connectivity index (χ1n) is 12.7. The number of carbonyl (C=O) groups excluding carboxylic acids is 1. The number of aromatic nitrogens is 4. The molecule has 0 aliphatic heterocycles. The van der Waals surface area contributed by atoms with E-state index in [9.17, 15) is 23.9 Å². The van der Waals surface area contributed by atoms with Gasteiger partial charge in [-0.1, -0.05) is 35.9 Å². The van der Waals surface area contributed by atoms with Crippen LogP contribution >= 0.6 is 11.6 Å². The lowest BCUT2D eigenvalue weighted by Crippen LogP contribution is -2.40. The molecule has 2 aromatic carbocycles. The van der Waals surface area contributed by atoms with Crippen molar-refractivity contribution in [3.8, 4) is 5.75 Å². The molecule has 10 nitrogen and oxygen atoms in total. The molecule has 0 aliphatic rings. The topological polar surface area (TPSA) is 118 Å². The van der Waals surface area contributed by atoms with Crippen molar-refractivity contribution in [3.63, 3.8) is 0 Å². The number of alkyl halides is 1. The van der Waals surface area contributed by atoms with Crippen LogP contribution in [0.3, 0.4) is 0 Å². The number of rotatable bonds is 11. The Hall–Kier alpha value is -3.96.